The van der Waals surface area contributed by atoms with Gasteiger partial charge in [0, 0.05) is 16.1 Å². The highest BCUT2D eigenvalue weighted by molar-refractivity contribution is 9.10. The molecule has 2 fully saturated rings. The molecule has 1 aromatic carbocycles. The maximum absolute atomic E-state index is 12.5. The third-order valence-electron chi connectivity index (χ3n) is 5.35. The summed E-state index contributed by atoms with van der Waals surface area (Å²) in [5.74, 6) is 2.27. The van der Waals surface area contributed by atoms with Crippen molar-refractivity contribution in [1.82, 2.24) is 20.5 Å². The average Bonchev–Trinajstić information content (AvgIpc) is 3.29. The van der Waals surface area contributed by atoms with Gasteiger partial charge in [-0.05, 0) is 43.2 Å². The smallest absolute Gasteiger partial charge is 0.225 e. The molecule has 0 aliphatic heterocycles. The van der Waals surface area contributed by atoms with Crippen LogP contribution in [0.3, 0.4) is 0 Å². The SMILES string of the molecule is NC1C2CCC(C2)C1C(=O)NCc1nc(-c2ccc(Br)cc2)n[nH]1. The summed E-state index contributed by atoms with van der Waals surface area (Å²) >= 11 is 3.41. The van der Waals surface area contributed by atoms with Crippen molar-refractivity contribution in [2.75, 3.05) is 0 Å². The fourth-order valence-electron chi connectivity index (χ4n) is 4.12. The number of fused-ring (bicyclic) bond motifs is 2. The second-order valence-electron chi connectivity index (χ2n) is 6.77. The number of carbonyl (C=O) groups excluding carboxylic acids is 1. The number of nitrogens with one attached hydrogen (secondary N) is 2. The second-order valence-corrected chi connectivity index (χ2v) is 7.68. The topological polar surface area (TPSA) is 96.7 Å². The van der Waals surface area contributed by atoms with Crippen LogP contribution in [0.2, 0.25) is 0 Å². The van der Waals surface area contributed by atoms with E-state index in [-0.39, 0.29) is 17.9 Å². The number of H-pyrrole nitrogens is 1. The van der Waals surface area contributed by atoms with E-state index in [1.54, 1.807) is 0 Å². The Morgan fingerprint density at radius 3 is 2.75 bits per heavy atom. The minimum atomic E-state index is -0.0439. The molecule has 4 unspecified atom stereocenters. The number of benzene rings is 1. The molecule has 6 nitrogen and oxygen atoms in total. The van der Waals surface area contributed by atoms with Crippen LogP contribution in [0, 0.1) is 17.8 Å². The van der Waals surface area contributed by atoms with Gasteiger partial charge in [-0.15, -0.1) is 0 Å². The summed E-state index contributed by atoms with van der Waals surface area (Å²) in [4.78, 5) is 16.9. The third-order valence-corrected chi connectivity index (χ3v) is 5.88. The van der Waals surface area contributed by atoms with E-state index in [0.717, 1.165) is 22.9 Å². The van der Waals surface area contributed by atoms with Crippen molar-refractivity contribution >= 4 is 21.8 Å². The highest BCUT2D eigenvalue weighted by Gasteiger charge is 2.48. The number of rotatable bonds is 4. The summed E-state index contributed by atoms with van der Waals surface area (Å²) in [6, 6.07) is 7.80. The highest BCUT2D eigenvalue weighted by Crippen LogP contribution is 2.47. The van der Waals surface area contributed by atoms with Crippen molar-refractivity contribution in [2.24, 2.45) is 23.5 Å². The fraction of sp³-hybridized carbons (Fsp3) is 0.471. The Hall–Kier alpha value is -1.73. The Bertz CT molecular complexity index is 742. The Kier molecular flexibility index (Phi) is 4.14. The second kappa shape index (κ2) is 6.29. The third kappa shape index (κ3) is 2.86. The summed E-state index contributed by atoms with van der Waals surface area (Å²) in [6.45, 7) is 0.350. The average molecular weight is 390 g/mol. The maximum Gasteiger partial charge on any atom is 0.225 e. The molecular formula is C17H20BrN5O. The summed E-state index contributed by atoms with van der Waals surface area (Å²) in [5.41, 5.74) is 7.16. The van der Waals surface area contributed by atoms with Crippen molar-refractivity contribution in [3.8, 4) is 11.4 Å². The molecule has 0 saturated heterocycles. The van der Waals surface area contributed by atoms with Gasteiger partial charge < -0.3 is 11.1 Å². The monoisotopic (exact) mass is 389 g/mol. The van der Waals surface area contributed by atoms with Crippen LogP contribution in [-0.4, -0.2) is 27.1 Å². The molecule has 1 heterocycles. The summed E-state index contributed by atoms with van der Waals surface area (Å²) in [6.07, 6.45) is 3.41. The van der Waals surface area contributed by atoms with Crippen LogP contribution in [0.25, 0.3) is 11.4 Å². The van der Waals surface area contributed by atoms with E-state index in [0.29, 0.717) is 30.0 Å². The van der Waals surface area contributed by atoms with Crippen LogP contribution < -0.4 is 11.1 Å². The molecule has 1 aromatic heterocycles. The number of nitrogens with two attached hydrogens (primary N) is 1. The van der Waals surface area contributed by atoms with E-state index in [2.05, 4.69) is 36.4 Å². The molecular weight excluding hydrogens is 370 g/mol. The lowest BCUT2D eigenvalue weighted by Gasteiger charge is -2.26. The van der Waals surface area contributed by atoms with E-state index in [9.17, 15) is 4.79 Å². The molecule has 4 rings (SSSR count). The number of hydrogen-bond acceptors (Lipinski definition) is 4. The molecule has 2 aliphatic rings. The van der Waals surface area contributed by atoms with Crippen molar-refractivity contribution in [3.63, 3.8) is 0 Å². The summed E-state index contributed by atoms with van der Waals surface area (Å²) in [7, 11) is 0. The number of aromatic nitrogens is 3. The van der Waals surface area contributed by atoms with Crippen molar-refractivity contribution < 1.29 is 4.79 Å². The van der Waals surface area contributed by atoms with E-state index in [4.69, 9.17) is 5.73 Å². The Morgan fingerprint density at radius 1 is 1.29 bits per heavy atom. The van der Waals surface area contributed by atoms with Crippen molar-refractivity contribution in [3.05, 3.63) is 34.6 Å². The Balaban J connectivity index is 1.38. The number of hydrogen-bond donors (Lipinski definition) is 3. The number of carbonyl (C=O) groups is 1. The van der Waals surface area contributed by atoms with E-state index in [1.807, 2.05) is 24.3 Å². The van der Waals surface area contributed by atoms with Crippen molar-refractivity contribution in [2.45, 2.75) is 31.8 Å². The first-order chi connectivity index (χ1) is 11.6. The zero-order valence-electron chi connectivity index (χ0n) is 13.2. The van der Waals surface area contributed by atoms with Gasteiger partial charge in [0.15, 0.2) is 5.82 Å². The quantitative estimate of drug-likeness (QED) is 0.746. The van der Waals surface area contributed by atoms with Crippen LogP contribution in [0.5, 0.6) is 0 Å². The Morgan fingerprint density at radius 2 is 2.04 bits per heavy atom. The van der Waals surface area contributed by atoms with Crippen LogP contribution in [0.15, 0.2) is 28.7 Å². The van der Waals surface area contributed by atoms with E-state index in [1.165, 1.54) is 6.42 Å². The van der Waals surface area contributed by atoms with Crippen LogP contribution in [0.4, 0.5) is 0 Å². The van der Waals surface area contributed by atoms with Gasteiger partial charge in [-0.25, -0.2) is 4.98 Å². The first-order valence-corrected chi connectivity index (χ1v) is 9.11. The first-order valence-electron chi connectivity index (χ1n) is 8.32. The minimum absolute atomic E-state index is 0.0109. The molecule has 2 saturated carbocycles. The van der Waals surface area contributed by atoms with Gasteiger partial charge in [0.1, 0.15) is 5.82 Å². The molecule has 24 heavy (non-hydrogen) atoms. The van der Waals surface area contributed by atoms with Gasteiger partial charge in [-0.1, -0.05) is 28.1 Å². The van der Waals surface area contributed by atoms with E-state index >= 15 is 0 Å². The molecule has 126 valence electrons. The largest absolute Gasteiger partial charge is 0.349 e. The number of aromatic amines is 1. The van der Waals surface area contributed by atoms with Gasteiger partial charge in [0.25, 0.3) is 0 Å². The molecule has 1 amide bonds. The predicted molar refractivity (Wildman–Crippen MR) is 93.7 cm³/mol. The number of nitrogens with zero attached hydrogens (tertiary/aromatic N) is 2. The van der Waals surface area contributed by atoms with Gasteiger partial charge in [-0.3, -0.25) is 9.89 Å². The van der Waals surface area contributed by atoms with Gasteiger partial charge >= 0.3 is 0 Å². The predicted octanol–water partition coefficient (Wildman–Crippen LogP) is 2.22. The highest BCUT2D eigenvalue weighted by atomic mass is 79.9. The first kappa shape index (κ1) is 15.8. The number of halogens is 1. The molecule has 7 heteroatoms. The lowest BCUT2D eigenvalue weighted by molar-refractivity contribution is -0.127. The van der Waals surface area contributed by atoms with Crippen LogP contribution in [0.1, 0.15) is 25.1 Å². The lowest BCUT2D eigenvalue weighted by atomic mass is 9.84. The summed E-state index contributed by atoms with van der Waals surface area (Å²) < 4.78 is 1.01. The molecule has 4 N–H and O–H groups in total. The maximum atomic E-state index is 12.5. The lowest BCUT2D eigenvalue weighted by Crippen LogP contribution is -2.45. The summed E-state index contributed by atoms with van der Waals surface area (Å²) in [5, 5.41) is 10.1. The van der Waals surface area contributed by atoms with Crippen molar-refractivity contribution in [1.29, 1.82) is 0 Å². The zero-order valence-corrected chi connectivity index (χ0v) is 14.8. The van der Waals surface area contributed by atoms with Crippen LogP contribution >= 0.6 is 15.9 Å². The molecule has 4 atom stereocenters. The van der Waals surface area contributed by atoms with Gasteiger partial charge in [0.05, 0.1) is 12.5 Å². The molecule has 0 spiro atoms. The number of amides is 1. The van der Waals surface area contributed by atoms with Gasteiger partial charge in [-0.2, -0.15) is 5.10 Å². The zero-order chi connectivity index (χ0) is 16.7. The van der Waals surface area contributed by atoms with Crippen LogP contribution in [-0.2, 0) is 11.3 Å². The van der Waals surface area contributed by atoms with E-state index < -0.39 is 0 Å². The molecule has 2 aromatic rings. The standard InChI is InChI=1S/C17H20BrN5O/c18-12-5-3-9(4-6-12)16-21-13(22-23-16)8-20-17(24)14-10-1-2-11(7-10)15(14)19/h3-6,10-11,14-15H,1-2,7-8,19H2,(H,20,24)(H,21,22,23). The fourth-order valence-corrected chi connectivity index (χ4v) is 4.38. The van der Waals surface area contributed by atoms with Gasteiger partial charge in [0.2, 0.25) is 5.91 Å². The molecule has 2 aliphatic carbocycles. The Labute approximate surface area is 148 Å². The normalized spacial score (nSPS) is 28.2. The molecule has 0 radical (unpaired) electrons. The molecule has 2 bridgehead atoms. The minimum Gasteiger partial charge on any atom is -0.349 e.